The molecule has 0 aliphatic carbocycles. The Labute approximate surface area is 153 Å². The van der Waals surface area contributed by atoms with Gasteiger partial charge in [0.2, 0.25) is 5.91 Å². The Morgan fingerprint density at radius 2 is 1.88 bits per heavy atom. The molecular formula is C16H16N4OS3. The lowest BCUT2D eigenvalue weighted by atomic mass is 10.1. The number of carbonyl (C=O) groups is 1. The molecule has 0 fully saturated rings. The third-order valence-corrected chi connectivity index (χ3v) is 6.10. The lowest BCUT2D eigenvalue weighted by molar-refractivity contribution is -0.113. The molecule has 1 heterocycles. The van der Waals surface area contributed by atoms with Gasteiger partial charge in [-0.3, -0.25) is 4.79 Å². The number of nitrogens with one attached hydrogen (secondary N) is 1. The van der Waals surface area contributed by atoms with Gasteiger partial charge in [0.1, 0.15) is 0 Å². The third kappa shape index (κ3) is 6.35. The van der Waals surface area contributed by atoms with Crippen LogP contribution in [-0.2, 0) is 11.2 Å². The standard InChI is InChI=1S/C16H16N4OS3/c1-11(2)9-22-15-19-20-16(24-15)23-10-14(21)18-13-5-3-12(4-6-13)7-8-17/h3-6H,1,7,9-10H2,2H3,(H,18,21). The molecule has 2 aromatic rings. The lowest BCUT2D eigenvalue weighted by Crippen LogP contribution is -2.13. The number of aromatic nitrogens is 2. The zero-order chi connectivity index (χ0) is 17.4. The van der Waals surface area contributed by atoms with Gasteiger partial charge in [-0.2, -0.15) is 5.26 Å². The highest BCUT2D eigenvalue weighted by atomic mass is 32.2. The van der Waals surface area contributed by atoms with Gasteiger partial charge < -0.3 is 5.32 Å². The monoisotopic (exact) mass is 376 g/mol. The molecule has 0 spiro atoms. The maximum absolute atomic E-state index is 12.0. The Bertz CT molecular complexity index is 749. The maximum atomic E-state index is 12.0. The number of hydrogen-bond donors (Lipinski definition) is 1. The summed E-state index contributed by atoms with van der Waals surface area (Å²) in [5, 5.41) is 19.6. The Balaban J connectivity index is 1.78. The molecule has 1 amide bonds. The average Bonchev–Trinajstić information content (AvgIpc) is 3.01. The minimum Gasteiger partial charge on any atom is -0.325 e. The fourth-order valence-corrected chi connectivity index (χ4v) is 4.28. The topological polar surface area (TPSA) is 78.7 Å². The summed E-state index contributed by atoms with van der Waals surface area (Å²) in [5.41, 5.74) is 2.74. The van der Waals surface area contributed by atoms with Gasteiger partial charge in [0.05, 0.1) is 18.2 Å². The largest absolute Gasteiger partial charge is 0.325 e. The summed E-state index contributed by atoms with van der Waals surface area (Å²) in [6.45, 7) is 5.83. The fraction of sp³-hybridized carbons (Fsp3) is 0.250. The summed E-state index contributed by atoms with van der Waals surface area (Å²) in [4.78, 5) is 12.0. The molecule has 1 N–H and O–H groups in total. The first-order chi connectivity index (χ1) is 11.6. The van der Waals surface area contributed by atoms with Crippen LogP contribution in [-0.4, -0.2) is 27.6 Å². The van der Waals surface area contributed by atoms with Crippen LogP contribution in [0.2, 0.25) is 0 Å². The van der Waals surface area contributed by atoms with E-state index in [1.54, 1.807) is 23.9 Å². The molecule has 0 bridgehead atoms. The number of thioether (sulfide) groups is 2. The number of hydrogen-bond acceptors (Lipinski definition) is 7. The van der Waals surface area contributed by atoms with Crippen LogP contribution in [0.15, 0.2) is 45.1 Å². The van der Waals surface area contributed by atoms with Crippen molar-refractivity contribution < 1.29 is 4.79 Å². The lowest BCUT2D eigenvalue weighted by Gasteiger charge is -2.04. The van der Waals surface area contributed by atoms with Crippen LogP contribution < -0.4 is 5.32 Å². The van der Waals surface area contributed by atoms with Gasteiger partial charge in [-0.15, -0.1) is 10.2 Å². The van der Waals surface area contributed by atoms with E-state index in [9.17, 15) is 4.79 Å². The zero-order valence-corrected chi connectivity index (χ0v) is 15.6. The van der Waals surface area contributed by atoms with Crippen molar-refractivity contribution in [1.29, 1.82) is 5.26 Å². The quantitative estimate of drug-likeness (QED) is 0.554. The highest BCUT2D eigenvalue weighted by Gasteiger charge is 2.09. The summed E-state index contributed by atoms with van der Waals surface area (Å²) in [6, 6.07) is 9.36. The van der Waals surface area contributed by atoms with Crippen molar-refractivity contribution in [2.45, 2.75) is 22.0 Å². The summed E-state index contributed by atoms with van der Waals surface area (Å²) in [6.07, 6.45) is 0.368. The number of rotatable bonds is 8. The first-order valence-electron chi connectivity index (χ1n) is 7.06. The molecule has 0 saturated carbocycles. The number of anilines is 1. The smallest absolute Gasteiger partial charge is 0.234 e. The predicted molar refractivity (Wildman–Crippen MR) is 101 cm³/mol. The van der Waals surface area contributed by atoms with Crippen LogP contribution >= 0.6 is 34.9 Å². The molecule has 8 heteroatoms. The van der Waals surface area contributed by atoms with Crippen LogP contribution in [0.25, 0.3) is 0 Å². The second kappa shape index (κ2) is 9.47. The number of nitrogens with zero attached hydrogens (tertiary/aromatic N) is 3. The average molecular weight is 377 g/mol. The molecule has 2 rings (SSSR count). The second-order valence-electron chi connectivity index (χ2n) is 4.95. The van der Waals surface area contributed by atoms with E-state index in [4.69, 9.17) is 5.26 Å². The summed E-state index contributed by atoms with van der Waals surface area (Å²) >= 11 is 4.45. The summed E-state index contributed by atoms with van der Waals surface area (Å²) in [5.74, 6) is 1.00. The minimum absolute atomic E-state index is 0.0978. The molecule has 124 valence electrons. The first-order valence-corrected chi connectivity index (χ1v) is 9.85. The molecule has 1 aromatic heterocycles. The van der Waals surface area contributed by atoms with Crippen molar-refractivity contribution in [3.63, 3.8) is 0 Å². The van der Waals surface area contributed by atoms with Gasteiger partial charge in [0.25, 0.3) is 0 Å². The molecule has 0 atom stereocenters. The van der Waals surface area contributed by atoms with Crippen LogP contribution in [0.5, 0.6) is 0 Å². The van der Waals surface area contributed by atoms with E-state index in [-0.39, 0.29) is 11.7 Å². The van der Waals surface area contributed by atoms with Gasteiger partial charge in [-0.25, -0.2) is 0 Å². The Kier molecular flexibility index (Phi) is 7.31. The molecule has 0 saturated heterocycles. The van der Waals surface area contributed by atoms with Crippen molar-refractivity contribution in [3.05, 3.63) is 42.0 Å². The van der Waals surface area contributed by atoms with Crippen LogP contribution in [0, 0.1) is 11.3 Å². The molecule has 0 aliphatic rings. The van der Waals surface area contributed by atoms with Crippen molar-refractivity contribution in [2.24, 2.45) is 0 Å². The van der Waals surface area contributed by atoms with Gasteiger partial charge >= 0.3 is 0 Å². The van der Waals surface area contributed by atoms with E-state index in [0.717, 1.165) is 31.3 Å². The summed E-state index contributed by atoms with van der Waals surface area (Å²) in [7, 11) is 0. The van der Waals surface area contributed by atoms with Crippen LogP contribution in [0.1, 0.15) is 12.5 Å². The predicted octanol–water partition coefficient (Wildman–Crippen LogP) is 4.00. The van der Waals surface area contributed by atoms with Crippen LogP contribution in [0.4, 0.5) is 5.69 Å². The Morgan fingerprint density at radius 3 is 2.46 bits per heavy atom. The highest BCUT2D eigenvalue weighted by Crippen LogP contribution is 2.29. The first kappa shape index (κ1) is 18.5. The van der Waals surface area contributed by atoms with E-state index in [1.807, 2.05) is 19.1 Å². The number of amides is 1. The van der Waals surface area contributed by atoms with E-state index >= 15 is 0 Å². The van der Waals surface area contributed by atoms with E-state index in [0.29, 0.717) is 6.42 Å². The van der Waals surface area contributed by atoms with Crippen molar-refractivity contribution in [3.8, 4) is 6.07 Å². The SMILES string of the molecule is C=C(C)CSc1nnc(SCC(=O)Nc2ccc(CC#N)cc2)s1. The Morgan fingerprint density at radius 1 is 1.25 bits per heavy atom. The molecule has 1 aromatic carbocycles. The molecular weight excluding hydrogens is 360 g/mol. The molecule has 0 radical (unpaired) electrons. The van der Waals surface area contributed by atoms with Crippen molar-refractivity contribution in [1.82, 2.24) is 10.2 Å². The fourth-order valence-electron chi connectivity index (χ4n) is 1.62. The molecule has 0 aliphatic heterocycles. The number of nitriles is 1. The third-order valence-electron chi connectivity index (χ3n) is 2.68. The normalized spacial score (nSPS) is 10.2. The summed E-state index contributed by atoms with van der Waals surface area (Å²) < 4.78 is 1.66. The van der Waals surface area contributed by atoms with E-state index in [2.05, 4.69) is 28.2 Å². The molecule has 24 heavy (non-hydrogen) atoms. The van der Waals surface area contributed by atoms with Crippen molar-refractivity contribution >= 4 is 46.5 Å². The second-order valence-corrected chi connectivity index (χ2v) is 8.37. The van der Waals surface area contributed by atoms with Crippen LogP contribution in [0.3, 0.4) is 0 Å². The van der Waals surface area contributed by atoms with Gasteiger partial charge in [0, 0.05) is 11.4 Å². The maximum Gasteiger partial charge on any atom is 0.234 e. The van der Waals surface area contributed by atoms with Gasteiger partial charge in [0.15, 0.2) is 8.68 Å². The number of carbonyl (C=O) groups excluding carboxylic acids is 1. The number of benzene rings is 1. The zero-order valence-electron chi connectivity index (χ0n) is 13.1. The van der Waals surface area contributed by atoms with Gasteiger partial charge in [-0.05, 0) is 24.6 Å². The Hall–Kier alpha value is -1.82. The van der Waals surface area contributed by atoms with Gasteiger partial charge in [-0.1, -0.05) is 59.1 Å². The molecule has 5 nitrogen and oxygen atoms in total. The molecule has 0 unspecified atom stereocenters. The highest BCUT2D eigenvalue weighted by molar-refractivity contribution is 8.03. The van der Waals surface area contributed by atoms with E-state index in [1.165, 1.54) is 23.1 Å². The van der Waals surface area contributed by atoms with E-state index < -0.39 is 0 Å². The van der Waals surface area contributed by atoms with Crippen molar-refractivity contribution in [2.75, 3.05) is 16.8 Å². The minimum atomic E-state index is -0.0978.